The Morgan fingerprint density at radius 3 is 2.09 bits per heavy atom. The number of allylic oxidation sites excluding steroid dienone is 5. The maximum Gasteiger partial charge on any atom is 0.164 e. The molecule has 3 heterocycles. The van der Waals surface area contributed by atoms with Crippen molar-refractivity contribution >= 4 is 60.2 Å². The molecule has 0 amide bonds. The lowest BCUT2D eigenvalue weighted by molar-refractivity contribution is 0.668. The van der Waals surface area contributed by atoms with Crippen molar-refractivity contribution < 1.29 is 8.83 Å². The largest absolute Gasteiger partial charge is 0.456 e. The monoisotopic (exact) mass is 707 g/mol. The number of fused-ring (bicyclic) bond motifs is 7. The summed E-state index contributed by atoms with van der Waals surface area (Å²) in [5.74, 6) is 1.88. The van der Waals surface area contributed by atoms with Crippen LogP contribution in [0, 0.1) is 0 Å². The Bertz CT molecular complexity index is 3150. The molecule has 0 bridgehead atoms. The Kier molecular flexibility index (Phi) is 7.96. The number of nitrogens with zero attached hydrogens (tertiary/aromatic N) is 3. The summed E-state index contributed by atoms with van der Waals surface area (Å²) in [6.07, 6.45) is 8.54. The van der Waals surface area contributed by atoms with Gasteiger partial charge in [-0.15, -0.1) is 0 Å². The molecule has 5 nitrogen and oxygen atoms in total. The summed E-state index contributed by atoms with van der Waals surface area (Å²) in [6.45, 7) is 3.94. The maximum atomic E-state index is 6.76. The molecule has 5 heteroatoms. The van der Waals surface area contributed by atoms with Crippen LogP contribution in [0.15, 0.2) is 191 Å². The van der Waals surface area contributed by atoms with Crippen LogP contribution in [-0.4, -0.2) is 15.0 Å². The van der Waals surface area contributed by atoms with Gasteiger partial charge in [0.25, 0.3) is 0 Å². The van der Waals surface area contributed by atoms with Crippen LogP contribution in [0.25, 0.3) is 94.1 Å². The lowest BCUT2D eigenvalue weighted by Crippen LogP contribution is -2.03. The molecule has 0 saturated carbocycles. The number of rotatable bonds is 8. The first kappa shape index (κ1) is 32.3. The van der Waals surface area contributed by atoms with Crippen LogP contribution in [0.3, 0.4) is 0 Å². The van der Waals surface area contributed by atoms with Gasteiger partial charge in [-0.25, -0.2) is 15.0 Å². The number of furan rings is 2. The van der Waals surface area contributed by atoms with E-state index in [2.05, 4.69) is 110 Å². The number of hydrogen-bond donors (Lipinski definition) is 0. The van der Waals surface area contributed by atoms with Gasteiger partial charge in [-0.05, 0) is 51.7 Å². The minimum atomic E-state index is 0.506. The van der Waals surface area contributed by atoms with E-state index in [-0.39, 0.29) is 0 Å². The first-order valence-electron chi connectivity index (χ1n) is 18.4. The summed E-state index contributed by atoms with van der Waals surface area (Å²) in [4.78, 5) is 15.3. The highest BCUT2D eigenvalue weighted by molar-refractivity contribution is 6.19. The van der Waals surface area contributed by atoms with E-state index in [1.54, 1.807) is 0 Å². The molecule has 55 heavy (non-hydrogen) atoms. The third kappa shape index (κ3) is 5.79. The van der Waals surface area contributed by atoms with E-state index in [1.165, 1.54) is 0 Å². The van der Waals surface area contributed by atoms with Gasteiger partial charge in [-0.3, -0.25) is 0 Å². The topological polar surface area (TPSA) is 65.0 Å². The molecule has 10 rings (SSSR count). The summed E-state index contributed by atoms with van der Waals surface area (Å²) in [6, 6.07) is 51.8. The van der Waals surface area contributed by atoms with Gasteiger partial charge in [0.2, 0.25) is 0 Å². The van der Waals surface area contributed by atoms with E-state index in [1.807, 2.05) is 72.8 Å². The van der Waals surface area contributed by atoms with Crippen molar-refractivity contribution in [2.24, 2.45) is 0 Å². The van der Waals surface area contributed by atoms with Gasteiger partial charge in [0.15, 0.2) is 11.6 Å². The van der Waals surface area contributed by atoms with E-state index in [9.17, 15) is 0 Å². The fraction of sp³-hybridized carbons (Fsp3) is 0.0200. The second kappa shape index (κ2) is 13.6. The van der Waals surface area contributed by atoms with Crippen LogP contribution < -0.4 is 0 Å². The molecule has 3 aromatic heterocycles. The van der Waals surface area contributed by atoms with Crippen LogP contribution >= 0.6 is 0 Å². The van der Waals surface area contributed by atoms with Crippen molar-refractivity contribution in [2.75, 3.05) is 0 Å². The van der Waals surface area contributed by atoms with E-state index in [4.69, 9.17) is 23.8 Å². The molecule has 7 aromatic carbocycles. The van der Waals surface area contributed by atoms with Crippen LogP contribution in [0.4, 0.5) is 0 Å². The smallest absolute Gasteiger partial charge is 0.164 e. The zero-order valence-corrected chi connectivity index (χ0v) is 29.8. The number of hydrogen-bond acceptors (Lipinski definition) is 5. The second-order valence-electron chi connectivity index (χ2n) is 13.5. The molecule has 0 saturated heterocycles. The minimum Gasteiger partial charge on any atom is -0.456 e. The molecule has 10 aromatic rings. The maximum absolute atomic E-state index is 6.76. The molecule has 0 unspecified atom stereocenters. The van der Waals surface area contributed by atoms with Gasteiger partial charge in [0.1, 0.15) is 28.2 Å². The fourth-order valence-corrected chi connectivity index (χ4v) is 7.63. The van der Waals surface area contributed by atoms with Gasteiger partial charge in [-0.1, -0.05) is 158 Å². The van der Waals surface area contributed by atoms with Crippen molar-refractivity contribution in [3.05, 3.63) is 194 Å². The third-order valence-corrected chi connectivity index (χ3v) is 10.1. The molecule has 0 spiro atoms. The zero-order valence-electron chi connectivity index (χ0n) is 29.8. The molecule has 0 aliphatic heterocycles. The van der Waals surface area contributed by atoms with Gasteiger partial charge in [0, 0.05) is 44.7 Å². The fourth-order valence-electron chi connectivity index (χ4n) is 7.63. The molecule has 0 radical (unpaired) electrons. The Morgan fingerprint density at radius 1 is 0.545 bits per heavy atom. The summed E-state index contributed by atoms with van der Waals surface area (Å²) in [5, 5.41) is 6.38. The van der Waals surface area contributed by atoms with Crippen LogP contribution in [0.2, 0.25) is 0 Å². The van der Waals surface area contributed by atoms with Crippen molar-refractivity contribution in [1.82, 2.24) is 15.0 Å². The van der Waals surface area contributed by atoms with E-state index >= 15 is 0 Å². The molecule has 0 atom stereocenters. The van der Waals surface area contributed by atoms with E-state index < -0.39 is 0 Å². The Morgan fingerprint density at radius 2 is 1.22 bits per heavy atom. The molecule has 0 N–H and O–H groups in total. The SMILES string of the molecule is C=C/C=C(\C=C/Cc1nc(-c2ccc3ccccc3c2)nc(-c2cccc3oc4c(-c5cccc6oc7ccccc7c56)cccc4c23)n1)c1ccccc1. The molecule has 0 fully saturated rings. The second-order valence-corrected chi connectivity index (χ2v) is 13.5. The Hall–Kier alpha value is -7.37. The minimum absolute atomic E-state index is 0.506. The summed E-state index contributed by atoms with van der Waals surface area (Å²) in [5.41, 5.74) is 9.31. The normalized spacial score (nSPS) is 12.2. The van der Waals surface area contributed by atoms with Gasteiger partial charge >= 0.3 is 0 Å². The molecule has 0 aliphatic rings. The zero-order chi connectivity index (χ0) is 36.7. The Labute approximate surface area is 317 Å². The summed E-state index contributed by atoms with van der Waals surface area (Å²) < 4.78 is 13.0. The van der Waals surface area contributed by atoms with Crippen molar-refractivity contribution in [2.45, 2.75) is 6.42 Å². The first-order valence-corrected chi connectivity index (χ1v) is 18.4. The predicted octanol–water partition coefficient (Wildman–Crippen LogP) is 13.2. The lowest BCUT2D eigenvalue weighted by Gasteiger charge is -2.09. The highest BCUT2D eigenvalue weighted by Gasteiger charge is 2.21. The van der Waals surface area contributed by atoms with Gasteiger partial charge < -0.3 is 8.83 Å². The van der Waals surface area contributed by atoms with Gasteiger partial charge in [0.05, 0.1) is 0 Å². The molecule has 260 valence electrons. The lowest BCUT2D eigenvalue weighted by atomic mass is 9.97. The summed E-state index contributed by atoms with van der Waals surface area (Å²) >= 11 is 0. The number of benzene rings is 7. The summed E-state index contributed by atoms with van der Waals surface area (Å²) in [7, 11) is 0. The van der Waals surface area contributed by atoms with E-state index in [0.29, 0.717) is 23.9 Å². The third-order valence-electron chi connectivity index (χ3n) is 10.1. The van der Waals surface area contributed by atoms with Crippen molar-refractivity contribution in [3.8, 4) is 33.9 Å². The average molecular weight is 708 g/mol. The van der Waals surface area contributed by atoms with Crippen LogP contribution in [0.5, 0.6) is 0 Å². The highest BCUT2D eigenvalue weighted by Crippen LogP contribution is 2.43. The first-order chi connectivity index (χ1) is 27.2. The van der Waals surface area contributed by atoms with Crippen LogP contribution in [-0.2, 0) is 6.42 Å². The number of para-hydroxylation sites is 2. The molecule has 0 aliphatic carbocycles. The molecular formula is C50H33N3O2. The molecular weight excluding hydrogens is 675 g/mol. The van der Waals surface area contributed by atoms with Crippen molar-refractivity contribution in [3.63, 3.8) is 0 Å². The van der Waals surface area contributed by atoms with Crippen molar-refractivity contribution in [1.29, 1.82) is 0 Å². The number of aromatic nitrogens is 3. The van der Waals surface area contributed by atoms with Crippen LogP contribution in [0.1, 0.15) is 11.4 Å². The average Bonchev–Trinajstić information content (AvgIpc) is 3.82. The Balaban J connectivity index is 1.14. The van der Waals surface area contributed by atoms with Gasteiger partial charge in [-0.2, -0.15) is 0 Å². The predicted molar refractivity (Wildman–Crippen MR) is 226 cm³/mol. The highest BCUT2D eigenvalue weighted by atomic mass is 16.3. The van der Waals surface area contributed by atoms with E-state index in [0.717, 1.165) is 88.0 Å². The standard InChI is InChI=1S/C50H33N3O2/c1-2-14-32(33-15-4-3-5-16-33)19-10-28-45-51-49(36-30-29-34-17-6-7-18-35(34)31-36)53-50(52-45)41-24-13-27-44-47(41)40-23-11-22-38(48(40)55-44)37-21-12-26-43-46(37)39-20-8-9-25-42(39)54-43/h2-27,29-31H,1,28H2/b19-10-,32-14+. The quantitative estimate of drug-likeness (QED) is 0.147.